The van der Waals surface area contributed by atoms with Gasteiger partial charge in [-0.3, -0.25) is 0 Å². The average Bonchev–Trinajstić information content (AvgIpc) is 1.69. The summed E-state index contributed by atoms with van der Waals surface area (Å²) < 4.78 is 0. The van der Waals surface area contributed by atoms with Gasteiger partial charge in [0.25, 0.3) is 0 Å². The first kappa shape index (κ1) is 61.2. The summed E-state index contributed by atoms with van der Waals surface area (Å²) >= 11 is 0. The van der Waals surface area contributed by atoms with Crippen LogP contribution in [0, 0.1) is 55.4 Å². The molecule has 0 bridgehead atoms. The summed E-state index contributed by atoms with van der Waals surface area (Å²) in [6.45, 7) is 17.7. The SMILES string of the molecule is Cc1ccc2c(c1)Cc1c-2ccc2c1Cc1cc(C)c3ccccc3c1-2.Cc1ccc2c(c1)Cc1c-2ccc2c1Cc1cccc3c(C)ccc-2c13.Cc1ccc2c(c1)Cc1cc3c(cc1-2)Cc1cc(C)c2ccccc2c1-3.Cc1ccc2c(c1)Cc1cc3c(cc1-2)Cc1cccc2c(C)ccc-3c12. The van der Waals surface area contributed by atoms with Crippen molar-refractivity contribution in [2.75, 3.05) is 0 Å². The first-order valence-corrected chi connectivity index (χ1v) is 37.9. The molecule has 0 spiro atoms. The molecule has 0 saturated carbocycles. The Hall–Kier alpha value is -11.4. The number of rotatable bonds is 0. The molecule has 0 atom stereocenters. The molecule has 16 aromatic carbocycles. The lowest BCUT2D eigenvalue weighted by Crippen LogP contribution is -2.05. The van der Waals surface area contributed by atoms with Crippen LogP contribution in [-0.4, -0.2) is 0 Å². The Bertz CT molecular complexity index is 6420. The second-order valence-corrected chi connectivity index (χ2v) is 31.7. The molecule has 0 nitrogen and oxygen atoms in total. The maximum Gasteiger partial charge on any atom is -0.00100 e. The minimum absolute atomic E-state index is 1.04. The molecule has 0 heterocycles. The van der Waals surface area contributed by atoms with Crippen LogP contribution < -0.4 is 0 Å². The Kier molecular flexibility index (Phi) is 13.6. The van der Waals surface area contributed by atoms with Gasteiger partial charge in [-0.05, 0) is 374 Å². The summed E-state index contributed by atoms with van der Waals surface area (Å²) in [6.07, 6.45) is 8.52. The van der Waals surface area contributed by atoms with Crippen LogP contribution in [0.3, 0.4) is 0 Å². The van der Waals surface area contributed by atoms with Gasteiger partial charge in [0.1, 0.15) is 0 Å². The molecule has 0 unspecified atom stereocenters. The molecule has 104 heavy (non-hydrogen) atoms. The normalized spacial score (nSPS) is 13.5. The van der Waals surface area contributed by atoms with Crippen molar-refractivity contribution in [3.8, 4) is 89.0 Å². The standard InChI is InChI=1S/4C26H20/c1-15-6-8-22-18(10-15)12-20-14-25-19(13-24(20)22)11-17-4-3-5-21-16(2)7-9-23(25)26(17)21;1-15-6-8-20-18(12-15)14-25-21(20)10-11-22-23-9-7-16(2)19-5-3-4-17(26(19)23)13-24(22)25;1-15-7-8-22-17(9-15)11-18-14-25-19(13-24(18)22)12-20-10-16(2)21-5-3-4-6-23(21)26(20)25;1-15-7-8-20-17(11-15)13-24-21(20)9-10-23-25(24)14-18-12-16(2)19-5-3-4-6-22(19)26(18)23/h3-10,13-14H,11-12H2,1-2H3;3-12H,13-14H2,1-2H3;3-10,13-14H,11-12H2,1-2H3;3-12H,13-14H2,1-2H3. The van der Waals surface area contributed by atoms with Gasteiger partial charge in [-0.1, -0.05) is 241 Å². The summed E-state index contributed by atoms with van der Waals surface area (Å²) in [5, 5.41) is 11.3. The Balaban J connectivity index is 0.0000000896. The van der Waals surface area contributed by atoms with E-state index in [1.54, 1.807) is 22.3 Å². The van der Waals surface area contributed by atoms with Crippen molar-refractivity contribution in [2.45, 2.75) is 107 Å². The first-order valence-electron chi connectivity index (χ1n) is 37.9. The fourth-order valence-corrected chi connectivity index (χ4v) is 20.4. The molecule has 0 aliphatic heterocycles. The third-order valence-electron chi connectivity index (χ3n) is 25.2. The molecule has 0 amide bonds. The van der Waals surface area contributed by atoms with E-state index >= 15 is 0 Å². The van der Waals surface area contributed by atoms with E-state index in [9.17, 15) is 0 Å². The van der Waals surface area contributed by atoms with Gasteiger partial charge < -0.3 is 0 Å². The zero-order valence-corrected chi connectivity index (χ0v) is 60.8. The van der Waals surface area contributed by atoms with Crippen LogP contribution in [0.2, 0.25) is 0 Å². The van der Waals surface area contributed by atoms with Crippen molar-refractivity contribution in [1.82, 2.24) is 0 Å². The highest BCUT2D eigenvalue weighted by Gasteiger charge is 2.33. The van der Waals surface area contributed by atoms with E-state index in [-0.39, 0.29) is 0 Å². The molecule has 24 rings (SSSR count). The van der Waals surface area contributed by atoms with Crippen LogP contribution in [0.5, 0.6) is 0 Å². The number of fused-ring (bicyclic) bond motifs is 28. The molecule has 0 heteroatoms. The zero-order valence-electron chi connectivity index (χ0n) is 60.8. The number of benzene rings is 16. The molecule has 0 fully saturated rings. The van der Waals surface area contributed by atoms with Crippen LogP contribution in [0.1, 0.15) is 134 Å². The van der Waals surface area contributed by atoms with Gasteiger partial charge in [0, 0.05) is 0 Å². The van der Waals surface area contributed by atoms with E-state index < -0.39 is 0 Å². The second kappa shape index (κ2) is 23.0. The lowest BCUT2D eigenvalue weighted by Gasteiger charge is -2.24. The van der Waals surface area contributed by atoms with Crippen LogP contribution in [0.15, 0.2) is 243 Å². The molecule has 8 aliphatic rings. The summed E-state index contributed by atoms with van der Waals surface area (Å²) in [5.41, 5.74) is 58.1. The maximum atomic E-state index is 2.48. The van der Waals surface area contributed by atoms with Crippen LogP contribution in [0.4, 0.5) is 0 Å². The van der Waals surface area contributed by atoms with E-state index in [1.165, 1.54) is 243 Å². The maximum absolute atomic E-state index is 2.48. The van der Waals surface area contributed by atoms with Gasteiger partial charge in [-0.25, -0.2) is 0 Å². The lowest BCUT2D eigenvalue weighted by molar-refractivity contribution is 1.12. The monoisotopic (exact) mass is 1330 g/mol. The van der Waals surface area contributed by atoms with E-state index in [1.807, 2.05) is 0 Å². The fourth-order valence-electron chi connectivity index (χ4n) is 20.4. The van der Waals surface area contributed by atoms with Gasteiger partial charge >= 0.3 is 0 Å². The topological polar surface area (TPSA) is 0 Å². The van der Waals surface area contributed by atoms with E-state index in [0.717, 1.165) is 51.4 Å². The number of aryl methyl sites for hydroxylation is 8. The predicted octanol–water partition coefficient (Wildman–Crippen LogP) is 26.4. The molecule has 496 valence electrons. The van der Waals surface area contributed by atoms with Crippen molar-refractivity contribution in [1.29, 1.82) is 0 Å². The molecule has 0 aromatic heterocycles. The van der Waals surface area contributed by atoms with Crippen LogP contribution >= 0.6 is 0 Å². The largest absolute Gasteiger partial charge is 0.0616 e. The predicted molar refractivity (Wildman–Crippen MR) is 440 cm³/mol. The minimum Gasteiger partial charge on any atom is -0.0616 e. The second-order valence-electron chi connectivity index (χ2n) is 31.7. The summed E-state index contributed by atoms with van der Waals surface area (Å²) in [6, 6.07) is 92.4. The van der Waals surface area contributed by atoms with Crippen molar-refractivity contribution in [3.05, 3.63) is 376 Å². The Labute approximate surface area is 611 Å². The summed E-state index contributed by atoms with van der Waals surface area (Å²) in [5.74, 6) is 0. The number of hydrogen-bond acceptors (Lipinski definition) is 0. The van der Waals surface area contributed by atoms with E-state index in [0.29, 0.717) is 0 Å². The average molecular weight is 1330 g/mol. The molecule has 16 aromatic rings. The Morgan fingerprint density at radius 3 is 0.942 bits per heavy atom. The molecule has 0 radical (unpaired) electrons. The van der Waals surface area contributed by atoms with Crippen LogP contribution in [0.25, 0.3) is 132 Å². The van der Waals surface area contributed by atoms with Crippen molar-refractivity contribution >= 4 is 43.1 Å². The smallest absolute Gasteiger partial charge is 0.00100 e. The van der Waals surface area contributed by atoms with Gasteiger partial charge in [0.2, 0.25) is 0 Å². The third kappa shape index (κ3) is 9.36. The molecule has 8 aliphatic carbocycles. The molecule has 0 saturated heterocycles. The van der Waals surface area contributed by atoms with Crippen molar-refractivity contribution in [3.63, 3.8) is 0 Å². The summed E-state index contributed by atoms with van der Waals surface area (Å²) in [4.78, 5) is 0. The van der Waals surface area contributed by atoms with Gasteiger partial charge in [0.05, 0.1) is 0 Å². The Morgan fingerprint density at radius 2 is 0.452 bits per heavy atom. The quantitative estimate of drug-likeness (QED) is 0.142. The van der Waals surface area contributed by atoms with Gasteiger partial charge in [-0.2, -0.15) is 0 Å². The first-order chi connectivity index (χ1) is 50.8. The fraction of sp³-hybridized carbons (Fsp3) is 0.154. The van der Waals surface area contributed by atoms with Crippen molar-refractivity contribution in [2.24, 2.45) is 0 Å². The van der Waals surface area contributed by atoms with Gasteiger partial charge in [0.15, 0.2) is 0 Å². The van der Waals surface area contributed by atoms with Crippen LogP contribution in [-0.2, 0) is 51.4 Å². The molecular weight excluding hydrogens is 1250 g/mol. The Morgan fingerprint density at radius 1 is 0.163 bits per heavy atom. The highest BCUT2D eigenvalue weighted by Crippen LogP contribution is 2.53. The van der Waals surface area contributed by atoms with Gasteiger partial charge in [-0.15, -0.1) is 0 Å². The third-order valence-corrected chi connectivity index (χ3v) is 25.2. The summed E-state index contributed by atoms with van der Waals surface area (Å²) in [7, 11) is 0. The molecule has 0 N–H and O–H groups in total. The molecular formula is C104H80. The van der Waals surface area contributed by atoms with E-state index in [4.69, 9.17) is 0 Å². The highest BCUT2D eigenvalue weighted by molar-refractivity contribution is 6.08. The lowest BCUT2D eigenvalue weighted by atomic mass is 9.80. The zero-order chi connectivity index (χ0) is 69.7. The highest BCUT2D eigenvalue weighted by atomic mass is 14.4. The minimum atomic E-state index is 1.04. The van der Waals surface area contributed by atoms with Crippen molar-refractivity contribution < 1.29 is 0 Å². The van der Waals surface area contributed by atoms with E-state index in [2.05, 4.69) is 298 Å². The number of hydrogen-bond donors (Lipinski definition) is 0.